The molecule has 2 rings (SSSR count). The number of carbonyl (C=O) groups is 1. The standard InChI is InChI=1S/C20H24N2O2/c1-21(2)12-13-22(3)18-8-4-6-16(14-18)10-11-20(24)17-7-5-9-19(23)15-17/h4-11,14-15,23H,12-13H2,1-3H3. The van der Waals surface area contributed by atoms with Crippen LogP contribution >= 0.6 is 0 Å². The lowest BCUT2D eigenvalue weighted by molar-refractivity contribution is 0.104. The van der Waals surface area contributed by atoms with Crippen LogP contribution in [0.2, 0.25) is 0 Å². The van der Waals surface area contributed by atoms with Gasteiger partial charge in [-0.25, -0.2) is 0 Å². The summed E-state index contributed by atoms with van der Waals surface area (Å²) in [5.74, 6) is -0.0315. The molecule has 0 bridgehead atoms. The zero-order chi connectivity index (χ0) is 17.5. The second-order valence-corrected chi connectivity index (χ2v) is 6.07. The predicted octanol–water partition coefficient (Wildman–Crippen LogP) is 3.29. The van der Waals surface area contributed by atoms with Gasteiger partial charge < -0.3 is 14.9 Å². The first-order chi connectivity index (χ1) is 11.5. The van der Waals surface area contributed by atoms with E-state index in [2.05, 4.69) is 43.1 Å². The molecule has 24 heavy (non-hydrogen) atoms. The monoisotopic (exact) mass is 324 g/mol. The van der Waals surface area contributed by atoms with E-state index in [9.17, 15) is 9.90 Å². The van der Waals surface area contributed by atoms with E-state index in [1.807, 2.05) is 12.1 Å². The molecule has 0 fully saturated rings. The Balaban J connectivity index is 2.07. The van der Waals surface area contributed by atoms with Gasteiger partial charge in [-0.3, -0.25) is 4.79 Å². The van der Waals surface area contributed by atoms with Crippen molar-refractivity contribution in [2.24, 2.45) is 0 Å². The number of hydrogen-bond acceptors (Lipinski definition) is 4. The lowest BCUT2D eigenvalue weighted by Crippen LogP contribution is -2.28. The maximum atomic E-state index is 12.2. The van der Waals surface area contributed by atoms with Crippen molar-refractivity contribution in [1.29, 1.82) is 0 Å². The molecule has 0 atom stereocenters. The van der Waals surface area contributed by atoms with E-state index >= 15 is 0 Å². The molecule has 0 aliphatic heterocycles. The van der Waals surface area contributed by atoms with Crippen molar-refractivity contribution in [1.82, 2.24) is 4.90 Å². The van der Waals surface area contributed by atoms with Crippen molar-refractivity contribution in [2.75, 3.05) is 39.1 Å². The fourth-order valence-electron chi connectivity index (χ4n) is 2.27. The number of phenols is 1. The van der Waals surface area contributed by atoms with Crippen molar-refractivity contribution in [3.63, 3.8) is 0 Å². The molecule has 0 aromatic heterocycles. The van der Waals surface area contributed by atoms with E-state index in [0.717, 1.165) is 24.3 Å². The Kier molecular flexibility index (Phi) is 6.15. The number of anilines is 1. The number of ketones is 1. The number of likely N-dealkylation sites (N-methyl/N-ethyl adjacent to an activating group) is 2. The second kappa shape index (κ2) is 8.31. The smallest absolute Gasteiger partial charge is 0.185 e. The molecule has 0 amide bonds. The average molecular weight is 324 g/mol. The minimum absolute atomic E-state index is 0.0961. The van der Waals surface area contributed by atoms with Crippen LogP contribution in [0, 0.1) is 0 Å². The van der Waals surface area contributed by atoms with E-state index in [1.54, 1.807) is 24.3 Å². The first kappa shape index (κ1) is 17.8. The van der Waals surface area contributed by atoms with E-state index in [0.29, 0.717) is 5.56 Å². The second-order valence-electron chi connectivity index (χ2n) is 6.07. The van der Waals surface area contributed by atoms with Crippen molar-refractivity contribution in [3.8, 4) is 5.75 Å². The summed E-state index contributed by atoms with van der Waals surface area (Å²) in [5.41, 5.74) is 2.56. The van der Waals surface area contributed by atoms with E-state index < -0.39 is 0 Å². The first-order valence-electron chi connectivity index (χ1n) is 7.93. The van der Waals surface area contributed by atoms with Gasteiger partial charge in [-0.15, -0.1) is 0 Å². The highest BCUT2D eigenvalue weighted by Crippen LogP contribution is 2.17. The summed E-state index contributed by atoms with van der Waals surface area (Å²) < 4.78 is 0. The summed E-state index contributed by atoms with van der Waals surface area (Å²) in [4.78, 5) is 16.5. The summed E-state index contributed by atoms with van der Waals surface area (Å²) in [6.45, 7) is 1.91. The maximum absolute atomic E-state index is 12.2. The molecule has 1 N–H and O–H groups in total. The van der Waals surface area contributed by atoms with E-state index in [1.165, 1.54) is 12.1 Å². The molecule has 4 heteroatoms. The van der Waals surface area contributed by atoms with Crippen LogP contribution < -0.4 is 4.90 Å². The van der Waals surface area contributed by atoms with Crippen molar-refractivity contribution < 1.29 is 9.90 Å². The SMILES string of the molecule is CN(C)CCN(C)c1cccc(C=CC(=O)c2cccc(O)c2)c1. The summed E-state index contributed by atoms with van der Waals surface area (Å²) in [5, 5.41) is 9.45. The molecule has 2 aromatic rings. The van der Waals surface area contributed by atoms with Crippen LogP contribution in [0.1, 0.15) is 15.9 Å². The van der Waals surface area contributed by atoms with Crippen molar-refractivity contribution in [3.05, 3.63) is 65.7 Å². The van der Waals surface area contributed by atoms with Gasteiger partial charge in [0.05, 0.1) is 0 Å². The van der Waals surface area contributed by atoms with E-state index in [-0.39, 0.29) is 11.5 Å². The molecule has 0 unspecified atom stereocenters. The fraction of sp³-hybridized carbons (Fsp3) is 0.250. The Bertz CT molecular complexity index is 723. The molecule has 126 valence electrons. The van der Waals surface area contributed by atoms with E-state index in [4.69, 9.17) is 0 Å². The Morgan fingerprint density at radius 2 is 1.79 bits per heavy atom. The van der Waals surface area contributed by atoms with Gasteiger partial charge in [-0.05, 0) is 50.0 Å². The molecule has 4 nitrogen and oxygen atoms in total. The van der Waals surface area contributed by atoms with Gasteiger partial charge in [0.2, 0.25) is 0 Å². The third-order valence-electron chi connectivity index (χ3n) is 3.75. The molecule has 2 aromatic carbocycles. The summed E-state index contributed by atoms with van der Waals surface area (Å²) in [6.07, 6.45) is 3.34. The number of allylic oxidation sites excluding steroid dienone is 1. The predicted molar refractivity (Wildman–Crippen MR) is 99.7 cm³/mol. The van der Waals surface area contributed by atoms with Gasteiger partial charge in [0, 0.05) is 31.4 Å². The van der Waals surface area contributed by atoms with Gasteiger partial charge in [0.1, 0.15) is 5.75 Å². The fourth-order valence-corrected chi connectivity index (χ4v) is 2.27. The zero-order valence-corrected chi connectivity index (χ0v) is 14.4. The number of benzene rings is 2. The number of carbonyl (C=O) groups excluding carboxylic acids is 1. The normalized spacial score (nSPS) is 11.2. The highest BCUT2D eigenvalue weighted by molar-refractivity contribution is 6.07. The van der Waals surface area contributed by atoms with Crippen molar-refractivity contribution >= 4 is 17.5 Å². The number of nitrogens with zero attached hydrogens (tertiary/aromatic N) is 2. The minimum atomic E-state index is -0.128. The Labute approximate surface area is 143 Å². The van der Waals surface area contributed by atoms with Crippen molar-refractivity contribution in [2.45, 2.75) is 0 Å². The Morgan fingerprint density at radius 1 is 1.04 bits per heavy atom. The third-order valence-corrected chi connectivity index (χ3v) is 3.75. The zero-order valence-electron chi connectivity index (χ0n) is 14.4. The largest absolute Gasteiger partial charge is 0.508 e. The molecule has 0 saturated carbocycles. The van der Waals surface area contributed by atoms with Gasteiger partial charge in [0.25, 0.3) is 0 Å². The summed E-state index contributed by atoms with van der Waals surface area (Å²) in [6, 6.07) is 14.4. The third kappa shape index (κ3) is 5.25. The maximum Gasteiger partial charge on any atom is 0.185 e. The number of hydrogen-bond donors (Lipinski definition) is 1. The molecule has 0 heterocycles. The topological polar surface area (TPSA) is 43.8 Å². The quantitative estimate of drug-likeness (QED) is 0.627. The minimum Gasteiger partial charge on any atom is -0.508 e. The highest BCUT2D eigenvalue weighted by atomic mass is 16.3. The van der Waals surface area contributed by atoms with Crippen LogP contribution in [-0.4, -0.2) is 50.0 Å². The summed E-state index contributed by atoms with van der Waals surface area (Å²) >= 11 is 0. The molecular formula is C20H24N2O2. The van der Waals surface area contributed by atoms with Gasteiger partial charge in [-0.2, -0.15) is 0 Å². The molecule has 0 aliphatic rings. The molecule has 0 radical (unpaired) electrons. The van der Waals surface area contributed by atoms with Gasteiger partial charge in [-0.1, -0.05) is 30.3 Å². The average Bonchev–Trinajstić information content (AvgIpc) is 2.57. The van der Waals surface area contributed by atoms with Crippen LogP contribution in [0.4, 0.5) is 5.69 Å². The highest BCUT2D eigenvalue weighted by Gasteiger charge is 2.04. The van der Waals surface area contributed by atoms with Crippen LogP contribution in [0.15, 0.2) is 54.6 Å². The van der Waals surface area contributed by atoms with Crippen LogP contribution in [-0.2, 0) is 0 Å². The van der Waals surface area contributed by atoms with Crippen LogP contribution in [0.25, 0.3) is 6.08 Å². The summed E-state index contributed by atoms with van der Waals surface area (Å²) in [7, 11) is 6.17. The van der Waals surface area contributed by atoms with Crippen LogP contribution in [0.3, 0.4) is 0 Å². The number of phenolic OH excluding ortho intramolecular Hbond substituents is 1. The lowest BCUT2D eigenvalue weighted by Gasteiger charge is -2.21. The Morgan fingerprint density at radius 3 is 2.50 bits per heavy atom. The number of aromatic hydroxyl groups is 1. The van der Waals surface area contributed by atoms with Gasteiger partial charge in [0.15, 0.2) is 5.78 Å². The molecule has 0 saturated heterocycles. The Hall–Kier alpha value is -2.59. The molecule has 0 spiro atoms. The molecule has 0 aliphatic carbocycles. The van der Waals surface area contributed by atoms with Gasteiger partial charge >= 0.3 is 0 Å². The number of rotatable bonds is 7. The molecular weight excluding hydrogens is 300 g/mol. The first-order valence-corrected chi connectivity index (χ1v) is 7.93. The van der Waals surface area contributed by atoms with Crippen LogP contribution in [0.5, 0.6) is 5.75 Å². The lowest BCUT2D eigenvalue weighted by atomic mass is 10.1.